The number of aliphatic hydroxyl groups excluding tert-OH is 1. The predicted octanol–water partition coefficient (Wildman–Crippen LogP) is 3.58. The van der Waals surface area contributed by atoms with Crippen LogP contribution in [0.15, 0.2) is 36.7 Å². The highest BCUT2D eigenvalue weighted by Crippen LogP contribution is 2.35. The van der Waals surface area contributed by atoms with Gasteiger partial charge in [0.2, 0.25) is 5.91 Å². The summed E-state index contributed by atoms with van der Waals surface area (Å²) in [4.78, 5) is 16.1. The molecule has 0 saturated heterocycles. The Morgan fingerprint density at radius 3 is 2.85 bits per heavy atom. The summed E-state index contributed by atoms with van der Waals surface area (Å²) in [5.41, 5.74) is 2.12. The van der Waals surface area contributed by atoms with Crippen molar-refractivity contribution in [3.8, 4) is 11.1 Å². The van der Waals surface area contributed by atoms with E-state index in [0.717, 1.165) is 0 Å². The number of amides is 1. The minimum Gasteiger partial charge on any atom is -0.392 e. The van der Waals surface area contributed by atoms with E-state index in [1.165, 1.54) is 12.1 Å². The molecule has 1 amide bonds. The SMILES string of the molecule is O=C(Nc1cn2cc(-c3c(Cl)cc(F)cc3CO)ccc2n1)C1CC1F. The summed E-state index contributed by atoms with van der Waals surface area (Å²) >= 11 is 6.16. The number of hydrogen-bond acceptors (Lipinski definition) is 3. The third-order valence-corrected chi connectivity index (χ3v) is 4.65. The zero-order valence-electron chi connectivity index (χ0n) is 13.4. The van der Waals surface area contributed by atoms with Gasteiger partial charge in [-0.05, 0) is 36.2 Å². The molecule has 0 aliphatic heterocycles. The molecular weight excluding hydrogens is 364 g/mol. The van der Waals surface area contributed by atoms with Gasteiger partial charge in [0.15, 0.2) is 5.82 Å². The molecule has 0 radical (unpaired) electrons. The van der Waals surface area contributed by atoms with Gasteiger partial charge in [-0.1, -0.05) is 11.6 Å². The van der Waals surface area contributed by atoms with Crippen LogP contribution in [0.25, 0.3) is 16.8 Å². The zero-order valence-corrected chi connectivity index (χ0v) is 14.2. The zero-order chi connectivity index (χ0) is 18.4. The van der Waals surface area contributed by atoms with Crippen molar-refractivity contribution in [1.29, 1.82) is 0 Å². The van der Waals surface area contributed by atoms with Crippen LogP contribution in [0.2, 0.25) is 5.02 Å². The average Bonchev–Trinajstić information content (AvgIpc) is 3.19. The second kappa shape index (κ2) is 6.34. The first-order valence-corrected chi connectivity index (χ1v) is 8.37. The quantitative estimate of drug-likeness (QED) is 0.730. The molecule has 1 aliphatic rings. The lowest BCUT2D eigenvalue weighted by molar-refractivity contribution is -0.117. The number of fused-ring (bicyclic) bond motifs is 1. The third-order valence-electron chi connectivity index (χ3n) is 4.35. The Hall–Kier alpha value is -2.51. The average molecular weight is 378 g/mol. The number of aromatic nitrogens is 2. The predicted molar refractivity (Wildman–Crippen MR) is 93.2 cm³/mol. The van der Waals surface area contributed by atoms with E-state index in [2.05, 4.69) is 10.3 Å². The second-order valence-corrected chi connectivity index (χ2v) is 6.64. The number of hydrogen-bond donors (Lipinski definition) is 2. The molecule has 4 rings (SSSR count). The van der Waals surface area contributed by atoms with Crippen molar-refractivity contribution in [2.24, 2.45) is 5.92 Å². The number of rotatable bonds is 4. The van der Waals surface area contributed by atoms with Gasteiger partial charge < -0.3 is 14.8 Å². The Balaban J connectivity index is 1.69. The number of halogens is 3. The maximum Gasteiger partial charge on any atom is 0.231 e. The lowest BCUT2D eigenvalue weighted by Crippen LogP contribution is -2.15. The Labute approximate surface area is 152 Å². The van der Waals surface area contributed by atoms with E-state index >= 15 is 0 Å². The van der Waals surface area contributed by atoms with Crippen molar-refractivity contribution in [3.63, 3.8) is 0 Å². The molecular formula is C18H14ClF2N3O2. The van der Waals surface area contributed by atoms with Crippen molar-refractivity contribution in [2.75, 3.05) is 5.32 Å². The van der Waals surface area contributed by atoms with Crippen LogP contribution in [0.5, 0.6) is 0 Å². The van der Waals surface area contributed by atoms with Crippen LogP contribution in [0.1, 0.15) is 12.0 Å². The molecule has 1 fully saturated rings. The molecule has 5 nitrogen and oxygen atoms in total. The van der Waals surface area contributed by atoms with Crippen LogP contribution >= 0.6 is 11.6 Å². The molecule has 2 aromatic heterocycles. The molecule has 2 heterocycles. The molecule has 1 saturated carbocycles. The van der Waals surface area contributed by atoms with Crippen LogP contribution < -0.4 is 5.32 Å². The maximum atomic E-state index is 13.5. The Morgan fingerprint density at radius 2 is 2.15 bits per heavy atom. The minimum atomic E-state index is -1.07. The molecule has 3 aromatic rings. The first-order valence-electron chi connectivity index (χ1n) is 7.99. The fourth-order valence-corrected chi connectivity index (χ4v) is 3.26. The molecule has 1 aliphatic carbocycles. The van der Waals surface area contributed by atoms with Crippen LogP contribution in [-0.2, 0) is 11.4 Å². The number of carbonyl (C=O) groups is 1. The monoisotopic (exact) mass is 377 g/mol. The van der Waals surface area contributed by atoms with E-state index < -0.39 is 17.9 Å². The van der Waals surface area contributed by atoms with Crippen LogP contribution in [-0.4, -0.2) is 26.6 Å². The largest absolute Gasteiger partial charge is 0.392 e. The van der Waals surface area contributed by atoms with Crippen LogP contribution in [0.3, 0.4) is 0 Å². The van der Waals surface area contributed by atoms with Crippen molar-refractivity contribution < 1.29 is 18.7 Å². The van der Waals surface area contributed by atoms with Gasteiger partial charge in [0.05, 0.1) is 23.7 Å². The number of nitrogens with zero attached hydrogens (tertiary/aromatic N) is 2. The van der Waals surface area contributed by atoms with E-state index in [1.807, 2.05) is 0 Å². The fraction of sp³-hybridized carbons (Fsp3) is 0.222. The summed E-state index contributed by atoms with van der Waals surface area (Å²) in [7, 11) is 0. The topological polar surface area (TPSA) is 66.6 Å². The van der Waals surface area contributed by atoms with E-state index in [4.69, 9.17) is 11.6 Å². The van der Waals surface area contributed by atoms with Crippen molar-refractivity contribution >= 4 is 29.0 Å². The summed E-state index contributed by atoms with van der Waals surface area (Å²) in [6, 6.07) is 5.86. The molecule has 8 heteroatoms. The number of aliphatic hydroxyl groups is 1. The number of nitrogens with one attached hydrogen (secondary N) is 1. The van der Waals surface area contributed by atoms with Gasteiger partial charge >= 0.3 is 0 Å². The van der Waals surface area contributed by atoms with E-state index in [0.29, 0.717) is 28.2 Å². The summed E-state index contributed by atoms with van der Waals surface area (Å²) in [5.74, 6) is -1.19. The minimum absolute atomic E-state index is 0.185. The number of imidazole rings is 1. The van der Waals surface area contributed by atoms with Gasteiger partial charge in [0.25, 0.3) is 0 Å². The first kappa shape index (κ1) is 16.9. The smallest absolute Gasteiger partial charge is 0.231 e. The van der Waals surface area contributed by atoms with Crippen LogP contribution in [0.4, 0.5) is 14.6 Å². The highest BCUT2D eigenvalue weighted by atomic mass is 35.5. The Bertz CT molecular complexity index is 1020. The van der Waals surface area contributed by atoms with Gasteiger partial charge in [-0.3, -0.25) is 4.79 Å². The Kier molecular flexibility index (Phi) is 4.13. The molecule has 26 heavy (non-hydrogen) atoms. The van der Waals surface area contributed by atoms with Crippen molar-refractivity contribution in [1.82, 2.24) is 9.38 Å². The molecule has 2 unspecified atom stereocenters. The fourth-order valence-electron chi connectivity index (χ4n) is 2.93. The standard InChI is InChI=1S/C18H14ClF2N3O2/c19-13-4-11(20)3-10(8-25)17(13)9-1-2-16-22-15(7-24(16)6-9)23-18(26)12-5-14(12)21/h1-4,6-7,12,14,25H,5,8H2,(H,23,26). The lowest BCUT2D eigenvalue weighted by Gasteiger charge is -2.11. The first-order chi connectivity index (χ1) is 12.5. The highest BCUT2D eigenvalue weighted by Gasteiger charge is 2.43. The summed E-state index contributed by atoms with van der Waals surface area (Å²) < 4.78 is 28.1. The van der Waals surface area contributed by atoms with E-state index in [1.54, 1.807) is 28.9 Å². The van der Waals surface area contributed by atoms with E-state index in [-0.39, 0.29) is 24.0 Å². The number of pyridine rings is 1. The summed E-state index contributed by atoms with van der Waals surface area (Å²) in [6.07, 6.45) is 2.49. The second-order valence-electron chi connectivity index (χ2n) is 6.24. The van der Waals surface area contributed by atoms with Gasteiger partial charge in [0, 0.05) is 17.3 Å². The third kappa shape index (κ3) is 3.04. The molecule has 2 atom stereocenters. The molecule has 0 spiro atoms. The molecule has 2 N–H and O–H groups in total. The van der Waals surface area contributed by atoms with E-state index in [9.17, 15) is 18.7 Å². The molecule has 1 aromatic carbocycles. The van der Waals surface area contributed by atoms with Crippen molar-refractivity contribution in [3.05, 3.63) is 53.1 Å². The van der Waals surface area contributed by atoms with Gasteiger partial charge in [-0.15, -0.1) is 0 Å². The number of carbonyl (C=O) groups excluding carboxylic acids is 1. The lowest BCUT2D eigenvalue weighted by atomic mass is 10.0. The van der Waals surface area contributed by atoms with Crippen LogP contribution in [0, 0.1) is 11.7 Å². The maximum absolute atomic E-state index is 13.5. The van der Waals surface area contributed by atoms with Gasteiger partial charge in [-0.2, -0.15) is 0 Å². The van der Waals surface area contributed by atoms with Gasteiger partial charge in [0.1, 0.15) is 17.6 Å². The number of alkyl halides is 1. The molecule has 0 bridgehead atoms. The van der Waals surface area contributed by atoms with Gasteiger partial charge in [-0.25, -0.2) is 13.8 Å². The normalized spacial score (nSPS) is 18.9. The summed E-state index contributed by atoms with van der Waals surface area (Å²) in [5, 5.41) is 12.3. The van der Waals surface area contributed by atoms with Crippen molar-refractivity contribution in [2.45, 2.75) is 19.2 Å². The summed E-state index contributed by atoms with van der Waals surface area (Å²) in [6.45, 7) is -0.359. The highest BCUT2D eigenvalue weighted by molar-refractivity contribution is 6.33. The Morgan fingerprint density at radius 1 is 1.38 bits per heavy atom. The molecule has 134 valence electrons. The number of benzene rings is 1. The number of anilines is 1.